The maximum atomic E-state index is 8.47. The van der Waals surface area contributed by atoms with Gasteiger partial charge in [0.15, 0.2) is 0 Å². The normalized spacial score (nSPS) is 49.1. The fourth-order valence-corrected chi connectivity index (χ4v) is 3.10. The van der Waals surface area contributed by atoms with Gasteiger partial charge in [0.1, 0.15) is 5.17 Å². The molecule has 3 unspecified atom stereocenters. The lowest BCUT2D eigenvalue weighted by atomic mass is 10.0. The van der Waals surface area contributed by atoms with Gasteiger partial charge in [0.25, 0.3) is 0 Å². The lowest BCUT2D eigenvalue weighted by Gasteiger charge is -2.04. The molecule has 0 amide bonds. The van der Waals surface area contributed by atoms with E-state index < -0.39 is 0 Å². The third-order valence-electron chi connectivity index (χ3n) is 3.43. The van der Waals surface area contributed by atoms with Gasteiger partial charge in [0.2, 0.25) is 0 Å². The van der Waals surface area contributed by atoms with Gasteiger partial charge in [0, 0.05) is 5.92 Å². The maximum Gasteiger partial charge on any atom is 0.149 e. The average molecular weight is 174 g/mol. The van der Waals surface area contributed by atoms with Gasteiger partial charge in [-0.25, -0.2) is 0 Å². The van der Waals surface area contributed by atoms with Crippen LogP contribution in [0.2, 0.25) is 0 Å². The summed E-state index contributed by atoms with van der Waals surface area (Å²) in [6, 6.07) is 0. The quantitative estimate of drug-likeness (QED) is 0.369. The Hall–Kier alpha value is -0.240. The van der Waals surface area contributed by atoms with E-state index in [1.807, 2.05) is 0 Å². The first-order valence-electron chi connectivity index (χ1n) is 4.07. The molecule has 0 aromatic rings. The zero-order valence-electron chi connectivity index (χ0n) is 6.55. The molecule has 2 aliphatic carbocycles. The number of halogens is 1. The molecule has 0 aliphatic heterocycles. The van der Waals surface area contributed by atoms with Crippen molar-refractivity contribution in [2.75, 3.05) is 0 Å². The van der Waals surface area contributed by atoms with Crippen LogP contribution in [0.5, 0.6) is 0 Å². The molecule has 3 atom stereocenters. The van der Waals surface area contributed by atoms with Crippen molar-refractivity contribution in [3.63, 3.8) is 0 Å². The van der Waals surface area contributed by atoms with Gasteiger partial charge in [-0.2, -0.15) is 0 Å². The van der Waals surface area contributed by atoms with Crippen molar-refractivity contribution in [2.45, 2.75) is 26.2 Å². The lowest BCUT2D eigenvalue weighted by molar-refractivity contribution is 0.317. The van der Waals surface area contributed by atoms with Crippen LogP contribution in [0.25, 0.3) is 0 Å². The van der Waals surface area contributed by atoms with E-state index in [4.69, 9.17) is 16.8 Å². The standard InChI is InChI=1S/C8H12ClNO/c1-8-4-2-3-5(8)6(8)7(9)10-11/h5-6,11H,2-4H2,1H3/b10-7-. The maximum absolute atomic E-state index is 8.47. The van der Waals surface area contributed by atoms with E-state index in [9.17, 15) is 0 Å². The van der Waals surface area contributed by atoms with Crippen molar-refractivity contribution in [2.24, 2.45) is 22.4 Å². The fourth-order valence-electron chi connectivity index (χ4n) is 2.70. The molecule has 3 heteroatoms. The average Bonchev–Trinajstić information content (AvgIpc) is 2.36. The number of hydrogen-bond acceptors (Lipinski definition) is 2. The summed E-state index contributed by atoms with van der Waals surface area (Å²) in [4.78, 5) is 0. The van der Waals surface area contributed by atoms with Crippen LogP contribution in [-0.2, 0) is 0 Å². The summed E-state index contributed by atoms with van der Waals surface area (Å²) >= 11 is 5.75. The molecular formula is C8H12ClNO. The topological polar surface area (TPSA) is 32.6 Å². The van der Waals surface area contributed by atoms with Crippen molar-refractivity contribution >= 4 is 16.8 Å². The monoisotopic (exact) mass is 173 g/mol. The van der Waals surface area contributed by atoms with Crippen LogP contribution in [0.3, 0.4) is 0 Å². The highest BCUT2D eigenvalue weighted by atomic mass is 35.5. The third kappa shape index (κ3) is 0.821. The Bertz CT molecular complexity index is 216. The Kier molecular flexibility index (Phi) is 1.43. The Labute approximate surface area is 71.2 Å². The smallest absolute Gasteiger partial charge is 0.149 e. The predicted octanol–water partition coefficient (Wildman–Crippen LogP) is 2.45. The van der Waals surface area contributed by atoms with Crippen molar-refractivity contribution < 1.29 is 5.21 Å². The largest absolute Gasteiger partial charge is 0.410 e. The molecule has 0 radical (unpaired) electrons. The predicted molar refractivity (Wildman–Crippen MR) is 44.0 cm³/mol. The lowest BCUT2D eigenvalue weighted by Crippen LogP contribution is -2.02. The Morgan fingerprint density at radius 2 is 2.45 bits per heavy atom. The van der Waals surface area contributed by atoms with E-state index in [1.54, 1.807) is 0 Å². The molecule has 1 N–H and O–H groups in total. The van der Waals surface area contributed by atoms with E-state index >= 15 is 0 Å². The van der Waals surface area contributed by atoms with Crippen LogP contribution < -0.4 is 0 Å². The number of fused-ring (bicyclic) bond motifs is 1. The summed E-state index contributed by atoms with van der Waals surface area (Å²) in [5, 5.41) is 11.9. The third-order valence-corrected chi connectivity index (χ3v) is 3.74. The first kappa shape index (κ1) is 7.41. The molecule has 2 rings (SSSR count). The summed E-state index contributed by atoms with van der Waals surface area (Å²) in [7, 11) is 0. The summed E-state index contributed by atoms with van der Waals surface area (Å²) in [6.45, 7) is 2.24. The Balaban J connectivity index is 2.13. The van der Waals surface area contributed by atoms with Gasteiger partial charge in [-0.3, -0.25) is 0 Å². The first-order valence-corrected chi connectivity index (χ1v) is 4.45. The van der Waals surface area contributed by atoms with E-state index in [2.05, 4.69) is 12.1 Å². The molecule has 2 nitrogen and oxygen atoms in total. The first-order chi connectivity index (χ1) is 5.20. The number of rotatable bonds is 1. The number of nitrogens with zero attached hydrogens (tertiary/aromatic N) is 1. The zero-order chi connectivity index (χ0) is 8.06. The highest BCUT2D eigenvalue weighted by molar-refractivity contribution is 6.66. The Morgan fingerprint density at radius 1 is 1.73 bits per heavy atom. The molecule has 0 aromatic carbocycles. The van der Waals surface area contributed by atoms with Crippen LogP contribution in [0.1, 0.15) is 26.2 Å². The summed E-state index contributed by atoms with van der Waals surface area (Å²) in [5.41, 5.74) is 0.378. The highest BCUT2D eigenvalue weighted by Crippen LogP contribution is 2.68. The van der Waals surface area contributed by atoms with E-state index in [-0.39, 0.29) is 0 Å². The minimum Gasteiger partial charge on any atom is -0.410 e. The fraction of sp³-hybridized carbons (Fsp3) is 0.875. The second-order valence-corrected chi connectivity index (χ2v) is 4.29. The van der Waals surface area contributed by atoms with Crippen molar-refractivity contribution in [1.82, 2.24) is 0 Å². The van der Waals surface area contributed by atoms with Gasteiger partial charge in [-0.1, -0.05) is 30.1 Å². The van der Waals surface area contributed by atoms with Gasteiger partial charge >= 0.3 is 0 Å². The van der Waals surface area contributed by atoms with Gasteiger partial charge in [-0.05, 0) is 24.2 Å². The SMILES string of the molecule is CC12CCCC1C2/C(Cl)=N/O. The van der Waals surface area contributed by atoms with Crippen LogP contribution >= 0.6 is 11.6 Å². The van der Waals surface area contributed by atoms with E-state index in [0.29, 0.717) is 22.4 Å². The van der Waals surface area contributed by atoms with Crippen molar-refractivity contribution in [3.05, 3.63) is 0 Å². The van der Waals surface area contributed by atoms with E-state index in [1.165, 1.54) is 19.3 Å². The number of oxime groups is 1. The Morgan fingerprint density at radius 3 is 2.91 bits per heavy atom. The second-order valence-electron chi connectivity index (χ2n) is 3.90. The zero-order valence-corrected chi connectivity index (χ0v) is 7.30. The van der Waals surface area contributed by atoms with Gasteiger partial charge in [0.05, 0.1) is 0 Å². The van der Waals surface area contributed by atoms with E-state index in [0.717, 1.165) is 0 Å². The van der Waals surface area contributed by atoms with Gasteiger partial charge in [-0.15, -0.1) is 0 Å². The summed E-state index contributed by atoms with van der Waals surface area (Å²) in [5.74, 6) is 1.06. The molecule has 0 spiro atoms. The van der Waals surface area contributed by atoms with Crippen molar-refractivity contribution in [1.29, 1.82) is 0 Å². The minimum atomic E-state index is 0.364. The highest BCUT2D eigenvalue weighted by Gasteiger charge is 2.65. The van der Waals surface area contributed by atoms with Crippen molar-refractivity contribution in [3.8, 4) is 0 Å². The van der Waals surface area contributed by atoms with Crippen LogP contribution in [-0.4, -0.2) is 10.4 Å². The molecular weight excluding hydrogens is 162 g/mol. The van der Waals surface area contributed by atoms with Crippen LogP contribution in [0.15, 0.2) is 5.16 Å². The minimum absolute atomic E-state index is 0.364. The second kappa shape index (κ2) is 2.13. The summed E-state index contributed by atoms with van der Waals surface area (Å²) < 4.78 is 0. The molecule has 11 heavy (non-hydrogen) atoms. The van der Waals surface area contributed by atoms with Crippen LogP contribution in [0, 0.1) is 17.3 Å². The number of hydrogen-bond donors (Lipinski definition) is 1. The van der Waals surface area contributed by atoms with Gasteiger partial charge < -0.3 is 5.21 Å². The van der Waals surface area contributed by atoms with Crippen LogP contribution in [0.4, 0.5) is 0 Å². The molecule has 62 valence electrons. The molecule has 2 aliphatic rings. The molecule has 2 saturated carbocycles. The molecule has 0 saturated heterocycles. The molecule has 0 bridgehead atoms. The summed E-state index contributed by atoms with van der Waals surface area (Å²) in [6.07, 6.45) is 3.81. The molecule has 0 aromatic heterocycles. The molecule has 0 heterocycles. The molecule has 2 fully saturated rings.